The molecule has 0 aromatic rings. The lowest BCUT2D eigenvalue weighted by Crippen LogP contribution is -2.44. The lowest BCUT2D eigenvalue weighted by molar-refractivity contribution is -0.137. The highest BCUT2D eigenvalue weighted by Gasteiger charge is 2.30. The molecule has 2 amide bonds. The summed E-state index contributed by atoms with van der Waals surface area (Å²) in [4.78, 5) is 24.5. The number of hydrogen-bond donors (Lipinski definition) is 2. The van der Waals surface area contributed by atoms with E-state index < -0.39 is 5.97 Å². The van der Waals surface area contributed by atoms with Gasteiger partial charge in [0.15, 0.2) is 0 Å². The normalized spacial score (nSPS) is 26.5. The summed E-state index contributed by atoms with van der Waals surface area (Å²) in [6, 6.07) is -0.289. The van der Waals surface area contributed by atoms with Crippen LogP contribution in [0.4, 0.5) is 4.79 Å². The van der Waals surface area contributed by atoms with Gasteiger partial charge in [-0.25, -0.2) is 4.79 Å². The Morgan fingerprint density at radius 3 is 2.80 bits per heavy atom. The molecule has 6 heteroatoms. The summed E-state index contributed by atoms with van der Waals surface area (Å²) < 4.78 is 5.62. The summed E-state index contributed by atoms with van der Waals surface area (Å²) in [5, 5.41) is 11.7. The number of nitrogens with one attached hydrogen (secondary N) is 1. The van der Waals surface area contributed by atoms with Crippen LogP contribution >= 0.6 is 0 Å². The van der Waals surface area contributed by atoms with Crippen molar-refractivity contribution >= 4 is 12.0 Å². The maximum atomic E-state index is 12.1. The largest absolute Gasteiger partial charge is 0.481 e. The highest BCUT2D eigenvalue weighted by atomic mass is 16.5. The zero-order valence-corrected chi connectivity index (χ0v) is 11.8. The van der Waals surface area contributed by atoms with Gasteiger partial charge in [-0.05, 0) is 38.5 Å². The van der Waals surface area contributed by atoms with E-state index in [2.05, 4.69) is 5.32 Å². The second kappa shape index (κ2) is 7.47. The third-order valence-electron chi connectivity index (χ3n) is 4.06. The predicted octanol–water partition coefficient (Wildman–Crippen LogP) is 1.59. The minimum atomic E-state index is -0.842. The Balaban J connectivity index is 1.69. The van der Waals surface area contributed by atoms with Gasteiger partial charge in [-0.1, -0.05) is 0 Å². The van der Waals surface area contributed by atoms with Gasteiger partial charge in [0, 0.05) is 25.7 Å². The van der Waals surface area contributed by atoms with Gasteiger partial charge in [-0.3, -0.25) is 4.79 Å². The van der Waals surface area contributed by atoms with Crippen LogP contribution in [-0.4, -0.2) is 53.8 Å². The molecule has 0 aliphatic carbocycles. The second-order valence-electron chi connectivity index (χ2n) is 5.60. The van der Waals surface area contributed by atoms with Crippen molar-refractivity contribution in [3.63, 3.8) is 0 Å². The van der Waals surface area contributed by atoms with Crippen molar-refractivity contribution in [1.82, 2.24) is 10.2 Å². The SMILES string of the molecule is O=C(O)CC1CCCN1C(=O)NCCC1CCCCO1. The molecule has 0 spiro atoms. The number of urea groups is 1. The van der Waals surface area contributed by atoms with Gasteiger partial charge < -0.3 is 20.1 Å². The predicted molar refractivity (Wildman–Crippen MR) is 73.6 cm³/mol. The van der Waals surface area contributed by atoms with Gasteiger partial charge in [0.1, 0.15) is 0 Å². The second-order valence-corrected chi connectivity index (χ2v) is 5.60. The zero-order chi connectivity index (χ0) is 14.4. The Bertz CT molecular complexity index is 342. The molecule has 2 N–H and O–H groups in total. The van der Waals surface area contributed by atoms with Crippen LogP contribution in [0.25, 0.3) is 0 Å². The smallest absolute Gasteiger partial charge is 0.317 e. The summed E-state index contributed by atoms with van der Waals surface area (Å²) >= 11 is 0. The van der Waals surface area contributed by atoms with Crippen LogP contribution < -0.4 is 5.32 Å². The van der Waals surface area contributed by atoms with Crippen LogP contribution in [0.15, 0.2) is 0 Å². The Kier molecular flexibility index (Phi) is 5.64. The minimum absolute atomic E-state index is 0.0408. The molecule has 6 nitrogen and oxygen atoms in total. The molecule has 0 radical (unpaired) electrons. The molecule has 2 fully saturated rings. The van der Waals surface area contributed by atoms with E-state index in [-0.39, 0.29) is 24.6 Å². The van der Waals surface area contributed by atoms with Crippen LogP contribution in [0, 0.1) is 0 Å². The summed E-state index contributed by atoms with van der Waals surface area (Å²) in [5.41, 5.74) is 0. The van der Waals surface area contributed by atoms with Crippen molar-refractivity contribution in [2.75, 3.05) is 19.7 Å². The number of carboxylic acids is 1. The van der Waals surface area contributed by atoms with E-state index in [0.29, 0.717) is 13.1 Å². The number of ether oxygens (including phenoxy) is 1. The van der Waals surface area contributed by atoms with Gasteiger partial charge in [0.05, 0.1) is 12.5 Å². The number of carbonyl (C=O) groups excluding carboxylic acids is 1. The fourth-order valence-corrected chi connectivity index (χ4v) is 2.99. The third kappa shape index (κ3) is 4.37. The third-order valence-corrected chi connectivity index (χ3v) is 4.06. The zero-order valence-electron chi connectivity index (χ0n) is 11.8. The number of likely N-dealkylation sites (tertiary alicyclic amines) is 1. The molecule has 0 saturated carbocycles. The van der Waals surface area contributed by atoms with Crippen LogP contribution in [0.2, 0.25) is 0 Å². The average molecular weight is 284 g/mol. The molecular formula is C14H24N2O4. The molecule has 2 aliphatic heterocycles. The van der Waals surface area contributed by atoms with E-state index in [9.17, 15) is 9.59 Å². The van der Waals surface area contributed by atoms with E-state index in [1.165, 1.54) is 6.42 Å². The topological polar surface area (TPSA) is 78.9 Å². The van der Waals surface area contributed by atoms with Crippen LogP contribution in [0.5, 0.6) is 0 Å². The number of hydrogen-bond acceptors (Lipinski definition) is 3. The number of rotatable bonds is 5. The lowest BCUT2D eigenvalue weighted by Gasteiger charge is -2.25. The molecule has 2 rings (SSSR count). The van der Waals surface area contributed by atoms with Crippen molar-refractivity contribution in [3.8, 4) is 0 Å². The molecule has 20 heavy (non-hydrogen) atoms. The lowest BCUT2D eigenvalue weighted by atomic mass is 10.1. The standard InChI is InChI=1S/C14H24N2O4/c17-13(18)10-11-4-3-8-16(11)14(19)15-7-6-12-5-1-2-9-20-12/h11-12H,1-10H2,(H,15,19)(H,17,18). The molecule has 2 aliphatic rings. The quantitative estimate of drug-likeness (QED) is 0.803. The molecule has 2 unspecified atom stereocenters. The maximum absolute atomic E-state index is 12.1. The first kappa shape index (κ1) is 15.1. The molecule has 2 atom stereocenters. The van der Waals surface area contributed by atoms with Crippen LogP contribution in [0.1, 0.15) is 44.9 Å². The first-order chi connectivity index (χ1) is 9.66. The molecule has 0 aromatic carbocycles. The van der Waals surface area contributed by atoms with Gasteiger partial charge >= 0.3 is 12.0 Å². The maximum Gasteiger partial charge on any atom is 0.317 e. The highest BCUT2D eigenvalue weighted by Crippen LogP contribution is 2.20. The summed E-state index contributed by atoms with van der Waals surface area (Å²) in [5.74, 6) is -0.842. The van der Waals surface area contributed by atoms with Gasteiger partial charge in [0.25, 0.3) is 0 Å². The van der Waals surface area contributed by atoms with Crippen LogP contribution in [-0.2, 0) is 9.53 Å². The Morgan fingerprint density at radius 1 is 1.25 bits per heavy atom. The van der Waals surface area contributed by atoms with Gasteiger partial charge in [-0.15, -0.1) is 0 Å². The first-order valence-electron chi connectivity index (χ1n) is 7.54. The van der Waals surface area contributed by atoms with Crippen molar-refractivity contribution in [2.24, 2.45) is 0 Å². The highest BCUT2D eigenvalue weighted by molar-refractivity contribution is 5.76. The fraction of sp³-hybridized carbons (Fsp3) is 0.857. The Labute approximate surface area is 119 Å². The van der Waals surface area contributed by atoms with Crippen molar-refractivity contribution in [2.45, 2.75) is 57.1 Å². The fourth-order valence-electron chi connectivity index (χ4n) is 2.99. The minimum Gasteiger partial charge on any atom is -0.481 e. The number of nitrogens with zero attached hydrogens (tertiary/aromatic N) is 1. The summed E-state index contributed by atoms with van der Waals surface area (Å²) in [6.07, 6.45) is 6.21. The molecular weight excluding hydrogens is 260 g/mol. The van der Waals surface area contributed by atoms with E-state index in [0.717, 1.165) is 38.7 Å². The van der Waals surface area contributed by atoms with Crippen molar-refractivity contribution in [1.29, 1.82) is 0 Å². The van der Waals surface area contributed by atoms with Gasteiger partial charge in [-0.2, -0.15) is 0 Å². The Morgan fingerprint density at radius 2 is 2.10 bits per heavy atom. The van der Waals surface area contributed by atoms with E-state index in [4.69, 9.17) is 9.84 Å². The van der Waals surface area contributed by atoms with E-state index >= 15 is 0 Å². The molecule has 2 saturated heterocycles. The number of carbonyl (C=O) groups is 2. The van der Waals surface area contributed by atoms with Gasteiger partial charge in [0.2, 0.25) is 0 Å². The van der Waals surface area contributed by atoms with E-state index in [1.54, 1.807) is 4.90 Å². The number of amides is 2. The molecule has 2 heterocycles. The van der Waals surface area contributed by atoms with E-state index in [1.807, 2.05) is 0 Å². The monoisotopic (exact) mass is 284 g/mol. The molecule has 114 valence electrons. The molecule has 0 bridgehead atoms. The summed E-state index contributed by atoms with van der Waals surface area (Å²) in [7, 11) is 0. The summed E-state index contributed by atoms with van der Waals surface area (Å²) in [6.45, 7) is 2.08. The average Bonchev–Trinajstić information content (AvgIpc) is 2.87. The first-order valence-corrected chi connectivity index (χ1v) is 7.54. The Hall–Kier alpha value is -1.30. The van der Waals surface area contributed by atoms with Crippen molar-refractivity contribution < 1.29 is 19.4 Å². The van der Waals surface area contributed by atoms with Crippen LogP contribution in [0.3, 0.4) is 0 Å². The van der Waals surface area contributed by atoms with Crippen molar-refractivity contribution in [3.05, 3.63) is 0 Å². The number of aliphatic carboxylic acids is 1. The molecule has 0 aromatic heterocycles. The number of carboxylic acid groups (broad SMARTS) is 1.